The fourth-order valence-electron chi connectivity index (χ4n) is 1.06. The Bertz CT molecular complexity index is 28.1. The Balaban J connectivity index is 0.000000222. The fourth-order valence-corrected chi connectivity index (χ4v) is 2.83. The van der Waals surface area contributed by atoms with Crippen LogP contribution in [0.2, 0.25) is 12.1 Å². The zero-order chi connectivity index (χ0) is 6.24. The van der Waals surface area contributed by atoms with Crippen LogP contribution in [0.5, 0.6) is 0 Å². The summed E-state index contributed by atoms with van der Waals surface area (Å²) in [6, 6.07) is 3.28. The molecule has 0 aliphatic carbocycles. The summed E-state index contributed by atoms with van der Waals surface area (Å²) in [7, 11) is 0.508. The van der Waals surface area contributed by atoms with E-state index in [2.05, 4.69) is 13.2 Å². The van der Waals surface area contributed by atoms with Crippen molar-refractivity contribution in [3.63, 3.8) is 0 Å². The van der Waals surface area contributed by atoms with Crippen LogP contribution in [-0.2, 0) is 0 Å². The molecule has 1 heterocycles. The summed E-state index contributed by atoms with van der Waals surface area (Å²) in [6.07, 6.45) is 4.66. The molecule has 8 heavy (non-hydrogen) atoms. The van der Waals surface area contributed by atoms with E-state index in [1.165, 1.54) is 6.42 Å². The normalized spacial score (nSPS) is 18.5. The molecule has 1 saturated heterocycles. The van der Waals surface area contributed by atoms with Gasteiger partial charge in [-0.15, -0.1) is 13.2 Å². The molecule has 0 radical (unpaired) electrons. The predicted molar refractivity (Wildman–Crippen MR) is 43.3 cm³/mol. The minimum absolute atomic E-state index is 0.508. The smallest absolute Gasteiger partial charge is 0.0197 e. The van der Waals surface area contributed by atoms with Crippen molar-refractivity contribution in [3.8, 4) is 0 Å². The molecule has 0 N–H and O–H groups in total. The van der Waals surface area contributed by atoms with Gasteiger partial charge in [-0.05, 0) is 0 Å². The van der Waals surface area contributed by atoms with E-state index in [0.717, 1.165) is 0 Å². The van der Waals surface area contributed by atoms with Gasteiger partial charge in [-0.1, -0.05) is 31.4 Å². The van der Waals surface area contributed by atoms with Crippen LogP contribution in [0.25, 0.3) is 0 Å². The van der Waals surface area contributed by atoms with E-state index in [9.17, 15) is 0 Å². The molecule has 48 valence electrons. The largest absolute Gasteiger partial charge is 0.106 e. The fraction of sp³-hybridized carbons (Fsp3) is 0.714. The topological polar surface area (TPSA) is 0 Å². The SMILES string of the molecule is C1CC[SiH2]CC1.C=C. The third-order valence-electron chi connectivity index (χ3n) is 1.50. The van der Waals surface area contributed by atoms with Crippen LogP contribution >= 0.6 is 0 Å². The van der Waals surface area contributed by atoms with Gasteiger partial charge in [-0.25, -0.2) is 0 Å². The summed E-state index contributed by atoms with van der Waals surface area (Å²) in [5, 5.41) is 0. The van der Waals surface area contributed by atoms with Crippen molar-refractivity contribution >= 4 is 9.52 Å². The predicted octanol–water partition coefficient (Wildman–Crippen LogP) is 1.98. The van der Waals surface area contributed by atoms with Gasteiger partial charge in [-0.3, -0.25) is 0 Å². The first-order chi connectivity index (χ1) is 4.00. The van der Waals surface area contributed by atoms with Gasteiger partial charge in [0.25, 0.3) is 0 Å². The monoisotopic (exact) mass is 128 g/mol. The summed E-state index contributed by atoms with van der Waals surface area (Å²) in [6.45, 7) is 6.00. The molecule has 1 rings (SSSR count). The Kier molecular flexibility index (Phi) is 6.92. The zero-order valence-corrected chi connectivity index (χ0v) is 7.07. The van der Waals surface area contributed by atoms with Crippen molar-refractivity contribution < 1.29 is 0 Å². The average Bonchev–Trinajstić information content (AvgIpc) is 1.96. The number of rotatable bonds is 0. The lowest BCUT2D eigenvalue weighted by atomic mass is 10.3. The highest BCUT2D eigenvalue weighted by atomic mass is 28.2. The molecular weight excluding hydrogens is 112 g/mol. The second kappa shape index (κ2) is 6.96. The second-order valence-corrected chi connectivity index (χ2v) is 4.24. The molecule has 1 fully saturated rings. The molecule has 0 saturated carbocycles. The molecular formula is C7H16Si. The van der Waals surface area contributed by atoms with E-state index in [0.29, 0.717) is 9.52 Å². The van der Waals surface area contributed by atoms with E-state index < -0.39 is 0 Å². The van der Waals surface area contributed by atoms with Crippen LogP contribution < -0.4 is 0 Å². The highest BCUT2D eigenvalue weighted by molar-refractivity contribution is 6.35. The minimum atomic E-state index is 0.508. The van der Waals surface area contributed by atoms with Gasteiger partial charge in [-0.2, -0.15) is 0 Å². The van der Waals surface area contributed by atoms with Gasteiger partial charge < -0.3 is 0 Å². The number of hydrogen-bond donors (Lipinski definition) is 0. The van der Waals surface area contributed by atoms with Crippen molar-refractivity contribution in [3.05, 3.63) is 13.2 Å². The van der Waals surface area contributed by atoms with Crippen molar-refractivity contribution in [2.45, 2.75) is 31.4 Å². The Labute approximate surface area is 54.8 Å². The van der Waals surface area contributed by atoms with Crippen LogP contribution in [-0.4, -0.2) is 9.52 Å². The Morgan fingerprint density at radius 2 is 1.38 bits per heavy atom. The van der Waals surface area contributed by atoms with Gasteiger partial charge in [0.05, 0.1) is 0 Å². The third-order valence-corrected chi connectivity index (χ3v) is 3.50. The lowest BCUT2D eigenvalue weighted by Crippen LogP contribution is -1.94. The van der Waals surface area contributed by atoms with Crippen LogP contribution in [0.15, 0.2) is 13.2 Å². The summed E-state index contributed by atoms with van der Waals surface area (Å²) >= 11 is 0. The van der Waals surface area contributed by atoms with Crippen molar-refractivity contribution in [1.82, 2.24) is 0 Å². The molecule has 0 bridgehead atoms. The molecule has 0 aromatic heterocycles. The molecule has 0 spiro atoms. The standard InChI is InChI=1S/C5H12Si.C2H4/c1-2-4-6-5-3-1;1-2/h1-6H2;1-2H2. The lowest BCUT2D eigenvalue weighted by molar-refractivity contribution is 0.734. The Hall–Kier alpha value is -0.0431. The first kappa shape index (κ1) is 7.96. The van der Waals surface area contributed by atoms with Gasteiger partial charge >= 0.3 is 0 Å². The maximum Gasteiger partial charge on any atom is 0.0197 e. The highest BCUT2D eigenvalue weighted by Gasteiger charge is 1.96. The molecule has 1 heteroatoms. The molecule has 0 nitrogen and oxygen atoms in total. The molecule has 0 aromatic carbocycles. The van der Waals surface area contributed by atoms with Crippen molar-refractivity contribution in [1.29, 1.82) is 0 Å². The first-order valence-corrected chi connectivity index (χ1v) is 5.50. The Morgan fingerprint density at radius 1 is 0.875 bits per heavy atom. The first-order valence-electron chi connectivity index (χ1n) is 3.50. The summed E-state index contributed by atoms with van der Waals surface area (Å²) in [5.74, 6) is 0. The summed E-state index contributed by atoms with van der Waals surface area (Å²) in [5.41, 5.74) is 0. The quantitative estimate of drug-likeness (QED) is 0.346. The van der Waals surface area contributed by atoms with Crippen LogP contribution in [0.1, 0.15) is 19.3 Å². The van der Waals surface area contributed by atoms with E-state index >= 15 is 0 Å². The molecule has 1 aliphatic rings. The summed E-state index contributed by atoms with van der Waals surface area (Å²) in [4.78, 5) is 0. The van der Waals surface area contributed by atoms with E-state index in [1.54, 1.807) is 24.9 Å². The average molecular weight is 128 g/mol. The van der Waals surface area contributed by atoms with E-state index in [4.69, 9.17) is 0 Å². The van der Waals surface area contributed by atoms with Gasteiger partial charge in [0.1, 0.15) is 0 Å². The summed E-state index contributed by atoms with van der Waals surface area (Å²) < 4.78 is 0. The second-order valence-electron chi connectivity index (χ2n) is 2.12. The number of hydrogen-bond acceptors (Lipinski definition) is 0. The lowest BCUT2D eigenvalue weighted by Gasteiger charge is -2.04. The Morgan fingerprint density at radius 3 is 1.50 bits per heavy atom. The van der Waals surface area contributed by atoms with Crippen LogP contribution in [0, 0.1) is 0 Å². The van der Waals surface area contributed by atoms with Crippen molar-refractivity contribution in [2.24, 2.45) is 0 Å². The maximum absolute atomic E-state index is 3.00. The molecule has 0 atom stereocenters. The third kappa shape index (κ3) is 4.12. The molecule has 0 amide bonds. The highest BCUT2D eigenvalue weighted by Crippen LogP contribution is 2.10. The van der Waals surface area contributed by atoms with E-state index in [-0.39, 0.29) is 0 Å². The minimum Gasteiger partial charge on any atom is -0.106 e. The molecule has 0 unspecified atom stereocenters. The van der Waals surface area contributed by atoms with Crippen LogP contribution in [0.4, 0.5) is 0 Å². The van der Waals surface area contributed by atoms with Gasteiger partial charge in [0.2, 0.25) is 0 Å². The van der Waals surface area contributed by atoms with Crippen molar-refractivity contribution in [2.75, 3.05) is 0 Å². The molecule has 0 aromatic rings. The zero-order valence-electron chi connectivity index (χ0n) is 5.66. The maximum atomic E-state index is 3.00. The van der Waals surface area contributed by atoms with Gasteiger partial charge in [0.15, 0.2) is 0 Å². The van der Waals surface area contributed by atoms with E-state index in [1.807, 2.05) is 0 Å². The molecule has 1 aliphatic heterocycles. The van der Waals surface area contributed by atoms with Gasteiger partial charge in [0, 0.05) is 9.52 Å². The van der Waals surface area contributed by atoms with Crippen LogP contribution in [0.3, 0.4) is 0 Å².